The third kappa shape index (κ3) is 7.61. The van der Waals surface area contributed by atoms with E-state index in [0.717, 1.165) is 24.2 Å². The smallest absolute Gasteiger partial charge is 0.319 e. The molecule has 1 aromatic heterocycles. The molecule has 0 aliphatic rings. The number of aromatic nitrogens is 1. The highest BCUT2D eigenvalue weighted by Crippen LogP contribution is 2.30. The third-order valence-corrected chi connectivity index (χ3v) is 5.84. The van der Waals surface area contributed by atoms with E-state index in [-0.39, 0.29) is 30.7 Å². The summed E-state index contributed by atoms with van der Waals surface area (Å²) in [7, 11) is 3.11. The molecule has 3 N–H and O–H groups in total. The predicted molar refractivity (Wildman–Crippen MR) is 136 cm³/mol. The molecule has 9 nitrogen and oxygen atoms in total. The summed E-state index contributed by atoms with van der Waals surface area (Å²) in [6.45, 7) is 3.24. The Morgan fingerprint density at radius 3 is 2.51 bits per heavy atom. The molecule has 0 spiro atoms. The monoisotopic (exact) mass is 498 g/mol. The number of ether oxygens (including phenoxy) is 3. The van der Waals surface area contributed by atoms with Gasteiger partial charge in [-0.1, -0.05) is 25.5 Å². The first-order valence-electron chi connectivity index (χ1n) is 11.2. The number of rotatable bonds is 12. The minimum Gasteiger partial charge on any atom is -0.494 e. The van der Waals surface area contributed by atoms with Crippen LogP contribution in [0.5, 0.6) is 17.2 Å². The lowest BCUT2D eigenvalue weighted by atomic mass is 10.2. The van der Waals surface area contributed by atoms with Gasteiger partial charge >= 0.3 is 6.03 Å². The number of anilines is 1. The lowest BCUT2D eigenvalue weighted by Gasteiger charge is -2.12. The van der Waals surface area contributed by atoms with Gasteiger partial charge in [0.1, 0.15) is 16.5 Å². The van der Waals surface area contributed by atoms with Crippen molar-refractivity contribution in [3.05, 3.63) is 64.1 Å². The zero-order chi connectivity index (χ0) is 25.0. The van der Waals surface area contributed by atoms with Crippen molar-refractivity contribution >= 4 is 29.0 Å². The Kier molecular flexibility index (Phi) is 9.73. The Labute approximate surface area is 208 Å². The molecule has 186 valence electrons. The number of carbonyl (C=O) groups is 2. The largest absolute Gasteiger partial charge is 0.494 e. The fourth-order valence-electron chi connectivity index (χ4n) is 3.16. The van der Waals surface area contributed by atoms with E-state index < -0.39 is 0 Å². The first kappa shape index (κ1) is 25.8. The van der Waals surface area contributed by atoms with Gasteiger partial charge in [-0.05, 0) is 36.8 Å². The van der Waals surface area contributed by atoms with E-state index in [1.165, 1.54) is 11.3 Å². The van der Waals surface area contributed by atoms with E-state index in [2.05, 4.69) is 27.9 Å². The van der Waals surface area contributed by atoms with Crippen molar-refractivity contribution < 1.29 is 23.8 Å². The average molecular weight is 499 g/mol. The fraction of sp³-hybridized carbons (Fsp3) is 0.320. The molecular formula is C25H30N4O5S. The number of carbonyl (C=O) groups excluding carboxylic acids is 2. The maximum absolute atomic E-state index is 12.5. The van der Waals surface area contributed by atoms with E-state index in [1.807, 2.05) is 24.3 Å². The molecule has 3 aromatic rings. The summed E-state index contributed by atoms with van der Waals surface area (Å²) >= 11 is 1.30. The summed E-state index contributed by atoms with van der Waals surface area (Å²) < 4.78 is 16.3. The SMILES string of the molecule is CCCCOc1ccc(NC(=O)NCc2nc(C(=O)NCc3cccc(OC)c3OC)cs2)cc1. The molecular weight excluding hydrogens is 468 g/mol. The van der Waals surface area contributed by atoms with Crippen molar-refractivity contribution in [1.82, 2.24) is 15.6 Å². The summed E-state index contributed by atoms with van der Waals surface area (Å²) in [6, 6.07) is 12.3. The molecule has 0 unspecified atom stereocenters. The molecule has 10 heteroatoms. The van der Waals surface area contributed by atoms with E-state index in [9.17, 15) is 9.59 Å². The minimum absolute atomic E-state index is 0.200. The van der Waals surface area contributed by atoms with Crippen molar-refractivity contribution in [2.75, 3.05) is 26.1 Å². The standard InChI is InChI=1S/C25H30N4O5S/c1-4-5-13-34-19-11-9-18(10-12-19)28-25(31)27-15-22-29-20(16-35-22)24(30)26-14-17-7-6-8-21(32-2)23(17)33-3/h6-12,16H,4-5,13-15H2,1-3H3,(H,26,30)(H2,27,28,31). The fourth-order valence-corrected chi connectivity index (χ4v) is 3.87. The van der Waals surface area contributed by atoms with Crippen LogP contribution in [-0.4, -0.2) is 37.7 Å². The second-order valence-electron chi connectivity index (χ2n) is 7.50. The molecule has 0 bridgehead atoms. The molecule has 2 aromatic carbocycles. The molecule has 3 amide bonds. The highest BCUT2D eigenvalue weighted by atomic mass is 32.1. The molecule has 1 heterocycles. The van der Waals surface area contributed by atoms with Gasteiger partial charge in [0.15, 0.2) is 11.5 Å². The lowest BCUT2D eigenvalue weighted by Crippen LogP contribution is -2.28. The molecule has 0 aliphatic carbocycles. The van der Waals surface area contributed by atoms with Gasteiger partial charge in [-0.2, -0.15) is 0 Å². The number of methoxy groups -OCH3 is 2. The van der Waals surface area contributed by atoms with Crippen LogP contribution in [-0.2, 0) is 13.1 Å². The van der Waals surface area contributed by atoms with Gasteiger partial charge in [-0.15, -0.1) is 11.3 Å². The molecule has 0 fully saturated rings. The van der Waals surface area contributed by atoms with Gasteiger partial charge in [0, 0.05) is 23.2 Å². The topological polar surface area (TPSA) is 111 Å². The van der Waals surface area contributed by atoms with Crippen molar-refractivity contribution in [2.24, 2.45) is 0 Å². The maximum atomic E-state index is 12.5. The van der Waals surface area contributed by atoms with E-state index in [1.54, 1.807) is 37.8 Å². The molecule has 0 atom stereocenters. The van der Waals surface area contributed by atoms with Crippen molar-refractivity contribution in [1.29, 1.82) is 0 Å². The number of para-hydroxylation sites is 1. The second-order valence-corrected chi connectivity index (χ2v) is 8.44. The lowest BCUT2D eigenvalue weighted by molar-refractivity contribution is 0.0946. The van der Waals surface area contributed by atoms with Gasteiger partial charge in [0.2, 0.25) is 0 Å². The Morgan fingerprint density at radius 1 is 1.00 bits per heavy atom. The molecule has 0 aliphatic heterocycles. The normalized spacial score (nSPS) is 10.4. The Hall–Kier alpha value is -3.79. The number of thiazole rings is 1. The van der Waals surface area contributed by atoms with Gasteiger partial charge in [-0.3, -0.25) is 4.79 Å². The van der Waals surface area contributed by atoms with Crippen molar-refractivity contribution in [3.63, 3.8) is 0 Å². The number of unbranched alkanes of at least 4 members (excludes halogenated alkanes) is 1. The number of benzene rings is 2. The Morgan fingerprint density at radius 2 is 1.80 bits per heavy atom. The minimum atomic E-state index is -0.365. The van der Waals surface area contributed by atoms with Crippen LogP contribution < -0.4 is 30.2 Å². The summed E-state index contributed by atoms with van der Waals surface area (Å²) in [5.41, 5.74) is 1.72. The third-order valence-electron chi connectivity index (χ3n) is 4.99. The van der Waals surface area contributed by atoms with Crippen LogP contribution in [0, 0.1) is 0 Å². The average Bonchev–Trinajstić information content (AvgIpc) is 3.36. The van der Waals surface area contributed by atoms with Crippen LogP contribution in [0.4, 0.5) is 10.5 Å². The van der Waals surface area contributed by atoms with E-state index >= 15 is 0 Å². The number of hydrogen-bond acceptors (Lipinski definition) is 7. The maximum Gasteiger partial charge on any atom is 0.319 e. The van der Waals surface area contributed by atoms with Gasteiger partial charge < -0.3 is 30.2 Å². The van der Waals surface area contributed by atoms with Crippen LogP contribution in [0.25, 0.3) is 0 Å². The van der Waals surface area contributed by atoms with Gasteiger partial charge in [-0.25, -0.2) is 9.78 Å². The number of hydrogen-bond donors (Lipinski definition) is 3. The van der Waals surface area contributed by atoms with Gasteiger partial charge in [0.25, 0.3) is 5.91 Å². The van der Waals surface area contributed by atoms with Crippen LogP contribution in [0.2, 0.25) is 0 Å². The second kappa shape index (κ2) is 13.2. The highest BCUT2D eigenvalue weighted by molar-refractivity contribution is 7.09. The molecule has 35 heavy (non-hydrogen) atoms. The predicted octanol–water partition coefficient (Wildman–Crippen LogP) is 4.59. The van der Waals surface area contributed by atoms with Crippen LogP contribution in [0.1, 0.15) is 40.8 Å². The number of nitrogens with zero attached hydrogens (tertiary/aromatic N) is 1. The van der Waals surface area contributed by atoms with Crippen LogP contribution in [0.3, 0.4) is 0 Å². The summed E-state index contributed by atoms with van der Waals surface area (Å²) in [4.78, 5) is 29.1. The zero-order valence-electron chi connectivity index (χ0n) is 20.1. The summed E-state index contributed by atoms with van der Waals surface area (Å²) in [6.07, 6.45) is 2.07. The first-order valence-corrected chi connectivity index (χ1v) is 12.1. The molecule has 0 saturated heterocycles. The zero-order valence-corrected chi connectivity index (χ0v) is 20.9. The summed E-state index contributed by atoms with van der Waals surface area (Å²) in [5, 5.41) is 10.6. The first-order chi connectivity index (χ1) is 17.0. The Balaban J connectivity index is 1.46. The Bertz CT molecular complexity index is 1120. The van der Waals surface area contributed by atoms with Crippen molar-refractivity contribution in [2.45, 2.75) is 32.9 Å². The molecule has 3 rings (SSSR count). The van der Waals surface area contributed by atoms with E-state index in [4.69, 9.17) is 14.2 Å². The molecule has 0 radical (unpaired) electrons. The quantitative estimate of drug-likeness (QED) is 0.315. The van der Waals surface area contributed by atoms with Crippen LogP contribution >= 0.6 is 11.3 Å². The molecule has 0 saturated carbocycles. The van der Waals surface area contributed by atoms with E-state index in [0.29, 0.717) is 28.8 Å². The number of nitrogens with one attached hydrogen (secondary N) is 3. The number of urea groups is 1. The highest BCUT2D eigenvalue weighted by Gasteiger charge is 2.14. The summed E-state index contributed by atoms with van der Waals surface area (Å²) in [5.74, 6) is 1.62. The van der Waals surface area contributed by atoms with Crippen LogP contribution in [0.15, 0.2) is 47.8 Å². The number of amides is 3. The van der Waals surface area contributed by atoms with Gasteiger partial charge in [0.05, 0.1) is 27.4 Å². The van der Waals surface area contributed by atoms with Crippen molar-refractivity contribution in [3.8, 4) is 17.2 Å².